The van der Waals surface area contributed by atoms with Gasteiger partial charge >= 0.3 is 6.18 Å². The van der Waals surface area contributed by atoms with E-state index < -0.39 is 23.0 Å². The highest BCUT2D eigenvalue weighted by Gasteiger charge is 2.30. The lowest BCUT2D eigenvalue weighted by atomic mass is 9.99. The summed E-state index contributed by atoms with van der Waals surface area (Å²) in [6, 6.07) is 10.8. The zero-order valence-electron chi connectivity index (χ0n) is 20.4. The molecule has 8 nitrogen and oxygen atoms in total. The fraction of sp³-hybridized carbons (Fsp3) is 0.231. The molecule has 38 heavy (non-hydrogen) atoms. The molecule has 0 saturated carbocycles. The number of aryl methyl sites for hydroxylation is 2. The summed E-state index contributed by atoms with van der Waals surface area (Å²) < 4.78 is 67.7. The van der Waals surface area contributed by atoms with Gasteiger partial charge in [-0.05, 0) is 60.4 Å². The summed E-state index contributed by atoms with van der Waals surface area (Å²) in [6.07, 6.45) is -0.706. The molecule has 5 aromatic rings. The van der Waals surface area contributed by atoms with E-state index in [1.807, 2.05) is 22.8 Å². The summed E-state index contributed by atoms with van der Waals surface area (Å²) in [5, 5.41) is 0.720. The number of alkyl halides is 3. The normalized spacial score (nSPS) is 13.0. The Kier molecular flexibility index (Phi) is 6.72. The van der Waals surface area contributed by atoms with Crippen LogP contribution < -0.4 is 10.3 Å². The first-order chi connectivity index (χ1) is 18.0. The molecule has 2 N–H and O–H groups in total. The molecule has 0 fully saturated rings. The Labute approximate surface area is 217 Å². The highest BCUT2D eigenvalue weighted by Crippen LogP contribution is 2.33. The molecule has 3 heterocycles. The predicted molar refractivity (Wildman–Crippen MR) is 138 cm³/mol. The molecule has 1 atom stereocenters. The number of hydrogen-bond donors (Lipinski definition) is 2. The Hall–Kier alpha value is -3.74. The van der Waals surface area contributed by atoms with Crippen LogP contribution in [0.2, 0.25) is 0 Å². The minimum atomic E-state index is -4.46. The Morgan fingerprint density at radius 3 is 2.71 bits per heavy atom. The van der Waals surface area contributed by atoms with Crippen molar-refractivity contribution in [1.82, 2.24) is 23.8 Å². The van der Waals surface area contributed by atoms with E-state index in [-0.39, 0.29) is 18.6 Å². The number of rotatable bonds is 7. The number of pyridine rings is 1. The number of imidazole rings is 1. The van der Waals surface area contributed by atoms with Gasteiger partial charge in [-0.25, -0.2) is 9.71 Å². The fourth-order valence-corrected chi connectivity index (χ4v) is 5.02. The van der Waals surface area contributed by atoms with E-state index in [1.165, 1.54) is 10.6 Å². The van der Waals surface area contributed by atoms with Crippen LogP contribution in [0.3, 0.4) is 0 Å². The number of fused-ring (bicyclic) bond motifs is 2. The Morgan fingerprint density at radius 1 is 1.18 bits per heavy atom. The second-order valence-corrected chi connectivity index (χ2v) is 9.81. The second kappa shape index (κ2) is 9.86. The van der Waals surface area contributed by atoms with Crippen molar-refractivity contribution in [1.29, 1.82) is 0 Å². The molecular formula is C26H23F3N5O3S-. The summed E-state index contributed by atoms with van der Waals surface area (Å²) in [7, 11) is 1.65. The highest BCUT2D eigenvalue weighted by molar-refractivity contribution is 7.77. The van der Waals surface area contributed by atoms with Crippen molar-refractivity contribution in [3.05, 3.63) is 87.7 Å². The van der Waals surface area contributed by atoms with Gasteiger partial charge in [0.25, 0.3) is 5.56 Å². The van der Waals surface area contributed by atoms with E-state index in [4.69, 9.17) is 4.98 Å². The number of nitrogens with one attached hydrogen (secondary N) is 2. The molecule has 1 unspecified atom stereocenters. The number of aromatic amines is 1. The minimum absolute atomic E-state index is 0.140. The van der Waals surface area contributed by atoms with Crippen molar-refractivity contribution in [2.75, 3.05) is 6.54 Å². The van der Waals surface area contributed by atoms with Gasteiger partial charge in [0.05, 0.1) is 16.6 Å². The molecule has 0 spiro atoms. The van der Waals surface area contributed by atoms with E-state index in [2.05, 4.69) is 9.71 Å². The SMILES string of the molecule is Cc1nc2c(CCNS(=O)[O-])cc(-c3cn(C)c(=O)c4[nH]ccc34)cc2n1Cc1cccc(C(F)(F)F)c1. The van der Waals surface area contributed by atoms with Crippen molar-refractivity contribution in [3.63, 3.8) is 0 Å². The first-order valence-electron chi connectivity index (χ1n) is 11.7. The largest absolute Gasteiger partial charge is 0.760 e. The summed E-state index contributed by atoms with van der Waals surface area (Å²) in [5.74, 6) is 0.600. The Balaban J connectivity index is 1.69. The van der Waals surface area contributed by atoms with E-state index in [9.17, 15) is 26.7 Å². The van der Waals surface area contributed by atoms with Crippen LogP contribution >= 0.6 is 0 Å². The first kappa shape index (κ1) is 25.9. The van der Waals surface area contributed by atoms with Crippen molar-refractivity contribution in [3.8, 4) is 11.1 Å². The van der Waals surface area contributed by atoms with E-state index >= 15 is 0 Å². The maximum Gasteiger partial charge on any atom is 0.416 e. The summed E-state index contributed by atoms with van der Waals surface area (Å²) >= 11 is -2.43. The average Bonchev–Trinajstić information content (AvgIpc) is 3.46. The van der Waals surface area contributed by atoms with Gasteiger partial charge < -0.3 is 18.7 Å². The Morgan fingerprint density at radius 2 is 1.97 bits per heavy atom. The number of aromatic nitrogens is 4. The lowest BCUT2D eigenvalue weighted by Crippen LogP contribution is -2.19. The molecule has 0 radical (unpaired) electrons. The summed E-state index contributed by atoms with van der Waals surface area (Å²) in [6.45, 7) is 2.07. The van der Waals surface area contributed by atoms with Gasteiger partial charge in [-0.15, -0.1) is 0 Å². The van der Waals surface area contributed by atoms with Crippen LogP contribution in [0.25, 0.3) is 33.1 Å². The van der Waals surface area contributed by atoms with Crippen LogP contribution in [-0.4, -0.2) is 34.4 Å². The molecule has 5 rings (SSSR count). The monoisotopic (exact) mass is 542 g/mol. The van der Waals surface area contributed by atoms with Crippen LogP contribution in [0.15, 0.2) is 59.7 Å². The van der Waals surface area contributed by atoms with Crippen LogP contribution in [0.5, 0.6) is 0 Å². The zero-order chi connectivity index (χ0) is 27.2. The third kappa shape index (κ3) is 4.89. The van der Waals surface area contributed by atoms with Crippen molar-refractivity contribution in [2.24, 2.45) is 7.05 Å². The van der Waals surface area contributed by atoms with Gasteiger partial charge in [-0.3, -0.25) is 9.00 Å². The molecule has 0 saturated heterocycles. The summed E-state index contributed by atoms with van der Waals surface area (Å²) in [4.78, 5) is 20.3. The standard InChI is InChI=1S/C26H24F3N5O3S/c1-15-32-23-17(6-9-31-38(36)37)11-18(21-14-33(2)25(35)24-20(21)7-8-30-24)12-22(23)34(15)13-16-4-3-5-19(10-16)26(27,28)29/h3-5,7-8,10-12,14,30-31H,6,9,13H2,1-2H3,(H,36,37)/p-1. The quantitative estimate of drug-likeness (QED) is 0.301. The van der Waals surface area contributed by atoms with Gasteiger partial charge in [-0.2, -0.15) is 13.2 Å². The molecule has 12 heteroatoms. The molecule has 198 valence electrons. The zero-order valence-corrected chi connectivity index (χ0v) is 21.2. The molecule has 0 aliphatic heterocycles. The Bertz CT molecular complexity index is 1750. The third-order valence-electron chi connectivity index (χ3n) is 6.54. The van der Waals surface area contributed by atoms with E-state index in [1.54, 1.807) is 32.4 Å². The lowest BCUT2D eigenvalue weighted by molar-refractivity contribution is -0.137. The van der Waals surface area contributed by atoms with Crippen molar-refractivity contribution >= 4 is 33.2 Å². The predicted octanol–water partition coefficient (Wildman–Crippen LogP) is 4.19. The van der Waals surface area contributed by atoms with Crippen molar-refractivity contribution < 1.29 is 21.9 Å². The van der Waals surface area contributed by atoms with Crippen LogP contribution in [0.1, 0.15) is 22.5 Å². The maximum absolute atomic E-state index is 13.3. The van der Waals surface area contributed by atoms with Crippen molar-refractivity contribution in [2.45, 2.75) is 26.1 Å². The van der Waals surface area contributed by atoms with E-state index in [0.717, 1.165) is 34.2 Å². The summed E-state index contributed by atoms with van der Waals surface area (Å²) in [5.41, 5.74) is 3.63. The molecule has 0 aliphatic rings. The highest BCUT2D eigenvalue weighted by atomic mass is 32.2. The molecular weight excluding hydrogens is 519 g/mol. The average molecular weight is 543 g/mol. The maximum atomic E-state index is 13.3. The van der Waals surface area contributed by atoms with Gasteiger partial charge in [0.1, 0.15) is 11.3 Å². The second-order valence-electron chi connectivity index (χ2n) is 9.05. The van der Waals surface area contributed by atoms with Gasteiger partial charge in [-0.1, -0.05) is 12.1 Å². The molecule has 2 aromatic carbocycles. The van der Waals surface area contributed by atoms with Gasteiger partial charge in [0.2, 0.25) is 0 Å². The first-order valence-corrected chi connectivity index (χ1v) is 12.8. The minimum Gasteiger partial charge on any atom is -0.760 e. The number of hydrogen-bond acceptors (Lipinski definition) is 4. The molecule has 3 aromatic heterocycles. The number of halogens is 3. The number of benzene rings is 2. The molecule has 0 aliphatic carbocycles. The topological polar surface area (TPSA) is 108 Å². The van der Waals surface area contributed by atoms with Crippen LogP contribution in [-0.2, 0) is 37.5 Å². The van der Waals surface area contributed by atoms with Crippen LogP contribution in [0, 0.1) is 6.92 Å². The lowest BCUT2D eigenvalue weighted by Gasteiger charge is -2.14. The van der Waals surface area contributed by atoms with E-state index in [0.29, 0.717) is 34.4 Å². The molecule has 0 amide bonds. The third-order valence-corrected chi connectivity index (χ3v) is 6.98. The van der Waals surface area contributed by atoms with Gasteiger partial charge in [0, 0.05) is 54.7 Å². The van der Waals surface area contributed by atoms with Gasteiger partial charge in [0.15, 0.2) is 0 Å². The number of H-pyrrole nitrogens is 1. The fourth-order valence-electron chi connectivity index (χ4n) is 4.75. The smallest absolute Gasteiger partial charge is 0.416 e. The molecule has 0 bridgehead atoms. The number of nitrogens with zero attached hydrogens (tertiary/aromatic N) is 3. The van der Waals surface area contributed by atoms with Crippen LogP contribution in [0.4, 0.5) is 13.2 Å².